The fourth-order valence-electron chi connectivity index (χ4n) is 1.45. The number of aliphatic hydroxyl groups excluding tert-OH is 1. The SMILES string of the molecule is C=C.O=C(NC1CC1)C1CC(O)CN1. The fraction of sp³-hybridized carbons (Fsp3) is 0.700. The Balaban J connectivity index is 0.000000461. The monoisotopic (exact) mass is 198 g/mol. The maximum absolute atomic E-state index is 11.4. The van der Waals surface area contributed by atoms with Gasteiger partial charge < -0.3 is 15.7 Å². The largest absolute Gasteiger partial charge is 0.392 e. The van der Waals surface area contributed by atoms with E-state index in [0.717, 1.165) is 12.8 Å². The molecule has 0 aromatic rings. The molecular formula is C10H18N2O2. The molecule has 0 radical (unpaired) electrons. The summed E-state index contributed by atoms with van der Waals surface area (Å²) in [6.07, 6.45) is 2.43. The average molecular weight is 198 g/mol. The van der Waals surface area contributed by atoms with Gasteiger partial charge in [0.2, 0.25) is 5.91 Å². The molecule has 2 rings (SSSR count). The highest BCUT2D eigenvalue weighted by molar-refractivity contribution is 5.82. The van der Waals surface area contributed by atoms with Crippen LogP contribution >= 0.6 is 0 Å². The Hall–Kier alpha value is -0.870. The first-order valence-corrected chi connectivity index (χ1v) is 4.97. The molecule has 3 N–H and O–H groups in total. The molecule has 2 fully saturated rings. The zero-order valence-corrected chi connectivity index (χ0v) is 8.33. The summed E-state index contributed by atoms with van der Waals surface area (Å²) in [6.45, 7) is 6.54. The van der Waals surface area contributed by atoms with Gasteiger partial charge in [-0.3, -0.25) is 4.79 Å². The van der Waals surface area contributed by atoms with Crippen molar-refractivity contribution in [3.63, 3.8) is 0 Å². The van der Waals surface area contributed by atoms with Crippen LogP contribution in [0, 0.1) is 0 Å². The maximum atomic E-state index is 11.4. The molecule has 14 heavy (non-hydrogen) atoms. The van der Waals surface area contributed by atoms with Gasteiger partial charge >= 0.3 is 0 Å². The number of carbonyl (C=O) groups is 1. The van der Waals surface area contributed by atoms with E-state index in [4.69, 9.17) is 5.11 Å². The highest BCUT2D eigenvalue weighted by atomic mass is 16.3. The van der Waals surface area contributed by atoms with Crippen LogP contribution in [0.4, 0.5) is 0 Å². The number of carbonyl (C=O) groups excluding carboxylic acids is 1. The van der Waals surface area contributed by atoms with Gasteiger partial charge in [0, 0.05) is 12.6 Å². The van der Waals surface area contributed by atoms with Crippen LogP contribution in [0.5, 0.6) is 0 Å². The summed E-state index contributed by atoms with van der Waals surface area (Å²) in [6, 6.07) is 0.248. The van der Waals surface area contributed by atoms with Crippen LogP contribution in [0.25, 0.3) is 0 Å². The Labute approximate surface area is 84.4 Å². The molecule has 2 atom stereocenters. The van der Waals surface area contributed by atoms with Crippen molar-refractivity contribution in [2.45, 2.75) is 37.5 Å². The first-order valence-electron chi connectivity index (χ1n) is 4.97. The second-order valence-electron chi connectivity index (χ2n) is 3.63. The summed E-state index contributed by atoms with van der Waals surface area (Å²) in [4.78, 5) is 11.4. The van der Waals surface area contributed by atoms with E-state index < -0.39 is 0 Å². The van der Waals surface area contributed by atoms with E-state index in [1.165, 1.54) is 0 Å². The van der Waals surface area contributed by atoms with E-state index in [1.54, 1.807) is 0 Å². The third-order valence-electron chi connectivity index (χ3n) is 2.35. The molecular weight excluding hydrogens is 180 g/mol. The molecule has 1 saturated heterocycles. The molecule has 4 heteroatoms. The van der Waals surface area contributed by atoms with Crippen LogP contribution in [0.1, 0.15) is 19.3 Å². The highest BCUT2D eigenvalue weighted by Gasteiger charge is 2.31. The lowest BCUT2D eigenvalue weighted by atomic mass is 10.2. The van der Waals surface area contributed by atoms with Gasteiger partial charge in [0.15, 0.2) is 0 Å². The number of hydrogen-bond donors (Lipinski definition) is 3. The van der Waals surface area contributed by atoms with Crippen molar-refractivity contribution in [1.29, 1.82) is 0 Å². The van der Waals surface area contributed by atoms with Crippen molar-refractivity contribution in [1.82, 2.24) is 10.6 Å². The Morgan fingerprint density at radius 3 is 2.50 bits per heavy atom. The minimum atomic E-state index is -0.347. The van der Waals surface area contributed by atoms with Crippen molar-refractivity contribution in [2.24, 2.45) is 0 Å². The molecule has 2 aliphatic rings. The topological polar surface area (TPSA) is 61.4 Å². The van der Waals surface area contributed by atoms with Crippen molar-refractivity contribution in [2.75, 3.05) is 6.54 Å². The third-order valence-corrected chi connectivity index (χ3v) is 2.35. The van der Waals surface area contributed by atoms with Gasteiger partial charge in [0.05, 0.1) is 12.1 Å². The molecule has 1 heterocycles. The van der Waals surface area contributed by atoms with E-state index in [-0.39, 0.29) is 18.1 Å². The number of hydrogen-bond acceptors (Lipinski definition) is 3. The van der Waals surface area contributed by atoms with E-state index in [0.29, 0.717) is 19.0 Å². The van der Waals surface area contributed by atoms with E-state index in [2.05, 4.69) is 23.8 Å². The Morgan fingerprint density at radius 2 is 2.07 bits per heavy atom. The molecule has 0 aromatic heterocycles. The molecule has 1 amide bonds. The number of amides is 1. The third kappa shape index (κ3) is 3.12. The van der Waals surface area contributed by atoms with Crippen molar-refractivity contribution >= 4 is 5.91 Å². The smallest absolute Gasteiger partial charge is 0.237 e. The number of nitrogens with one attached hydrogen (secondary N) is 2. The predicted octanol–water partition coefficient (Wildman–Crippen LogP) is -0.210. The minimum absolute atomic E-state index is 0.0500. The highest BCUT2D eigenvalue weighted by Crippen LogP contribution is 2.19. The molecule has 0 spiro atoms. The molecule has 1 saturated carbocycles. The second kappa shape index (κ2) is 5.12. The maximum Gasteiger partial charge on any atom is 0.237 e. The molecule has 1 aliphatic carbocycles. The van der Waals surface area contributed by atoms with Gasteiger partial charge in [-0.05, 0) is 19.3 Å². The average Bonchev–Trinajstić information content (AvgIpc) is 2.89. The lowest BCUT2D eigenvalue weighted by molar-refractivity contribution is -0.123. The molecule has 0 bridgehead atoms. The summed E-state index contributed by atoms with van der Waals surface area (Å²) in [5, 5.41) is 15.0. The summed E-state index contributed by atoms with van der Waals surface area (Å²) in [5.41, 5.74) is 0. The van der Waals surface area contributed by atoms with E-state index in [1.807, 2.05) is 0 Å². The van der Waals surface area contributed by atoms with Gasteiger partial charge in [-0.1, -0.05) is 0 Å². The van der Waals surface area contributed by atoms with E-state index >= 15 is 0 Å². The first kappa shape index (κ1) is 11.2. The van der Waals surface area contributed by atoms with Crippen LogP contribution in [-0.2, 0) is 4.79 Å². The molecule has 0 aromatic carbocycles. The van der Waals surface area contributed by atoms with Crippen molar-refractivity contribution in [3.05, 3.63) is 13.2 Å². The number of aliphatic hydroxyl groups is 1. The van der Waals surface area contributed by atoms with Crippen LogP contribution < -0.4 is 10.6 Å². The molecule has 2 unspecified atom stereocenters. The van der Waals surface area contributed by atoms with Crippen molar-refractivity contribution in [3.8, 4) is 0 Å². The van der Waals surface area contributed by atoms with Gasteiger partial charge in [-0.2, -0.15) is 0 Å². The molecule has 80 valence electrons. The molecule has 4 nitrogen and oxygen atoms in total. The zero-order valence-electron chi connectivity index (χ0n) is 8.33. The minimum Gasteiger partial charge on any atom is -0.392 e. The quantitative estimate of drug-likeness (QED) is 0.538. The molecule has 1 aliphatic heterocycles. The van der Waals surface area contributed by atoms with Crippen LogP contribution in [-0.4, -0.2) is 35.7 Å². The first-order chi connectivity index (χ1) is 6.75. The number of β-amino-alcohol motifs (C(OH)–C–C–N with tert-alkyl or cyclic N) is 1. The van der Waals surface area contributed by atoms with Gasteiger partial charge in [0.1, 0.15) is 0 Å². The zero-order chi connectivity index (χ0) is 10.6. The van der Waals surface area contributed by atoms with Crippen LogP contribution in [0.2, 0.25) is 0 Å². The predicted molar refractivity (Wildman–Crippen MR) is 54.8 cm³/mol. The summed E-state index contributed by atoms with van der Waals surface area (Å²) in [7, 11) is 0. The van der Waals surface area contributed by atoms with Crippen molar-refractivity contribution < 1.29 is 9.90 Å². The lowest BCUT2D eigenvalue weighted by Crippen LogP contribution is -2.41. The van der Waals surface area contributed by atoms with Gasteiger partial charge in [0.25, 0.3) is 0 Å². The number of rotatable bonds is 2. The van der Waals surface area contributed by atoms with Gasteiger partial charge in [-0.15, -0.1) is 13.2 Å². The van der Waals surface area contributed by atoms with Crippen LogP contribution in [0.3, 0.4) is 0 Å². The second-order valence-corrected chi connectivity index (χ2v) is 3.63. The fourth-order valence-corrected chi connectivity index (χ4v) is 1.45. The summed E-state index contributed by atoms with van der Waals surface area (Å²) < 4.78 is 0. The normalized spacial score (nSPS) is 30.4. The van der Waals surface area contributed by atoms with Crippen LogP contribution in [0.15, 0.2) is 13.2 Å². The summed E-state index contributed by atoms with van der Waals surface area (Å²) in [5.74, 6) is 0.0500. The Morgan fingerprint density at radius 1 is 1.43 bits per heavy atom. The Bertz CT molecular complexity index is 204. The van der Waals surface area contributed by atoms with Gasteiger partial charge in [-0.25, -0.2) is 0 Å². The van der Waals surface area contributed by atoms with E-state index in [9.17, 15) is 4.79 Å². The summed E-state index contributed by atoms with van der Waals surface area (Å²) >= 11 is 0. The lowest BCUT2D eigenvalue weighted by Gasteiger charge is -2.09. The standard InChI is InChI=1S/C8H14N2O2.C2H4/c11-6-3-7(9-4-6)8(12)10-5-1-2-5;1-2/h5-7,9,11H,1-4H2,(H,10,12);1-2H2. The Kier molecular flexibility index (Phi) is 4.10.